The molecular formula is C12H20N2OS. The summed E-state index contributed by atoms with van der Waals surface area (Å²) in [6, 6.07) is 0.237. The second kappa shape index (κ2) is 6.63. The maximum Gasteiger partial charge on any atom is 0.270 e. The fourth-order valence-electron chi connectivity index (χ4n) is 1.54. The van der Waals surface area contributed by atoms with Crippen LogP contribution in [0.5, 0.6) is 0 Å². The molecule has 1 N–H and O–H groups in total. The Kier molecular flexibility index (Phi) is 5.46. The zero-order valence-corrected chi connectivity index (χ0v) is 11.1. The maximum atomic E-state index is 11.7. The van der Waals surface area contributed by atoms with Crippen LogP contribution in [0.25, 0.3) is 0 Å². The number of thiazole rings is 1. The van der Waals surface area contributed by atoms with Crippen LogP contribution in [-0.2, 0) is 0 Å². The lowest BCUT2D eigenvalue weighted by molar-refractivity contribution is 0.0933. The number of unbranched alkanes of at least 4 members (excludes halogenated alkanes) is 2. The molecule has 1 aromatic heterocycles. The molecule has 0 aromatic carbocycles. The average molecular weight is 240 g/mol. The van der Waals surface area contributed by atoms with Crippen LogP contribution >= 0.6 is 11.3 Å². The SMILES string of the molecule is CCCCCC(C)NC(=O)c1csc(C)n1. The summed E-state index contributed by atoms with van der Waals surface area (Å²) < 4.78 is 0. The number of hydrogen-bond donors (Lipinski definition) is 1. The summed E-state index contributed by atoms with van der Waals surface area (Å²) >= 11 is 1.51. The van der Waals surface area contributed by atoms with Gasteiger partial charge in [0.1, 0.15) is 5.69 Å². The van der Waals surface area contributed by atoms with Crippen molar-refractivity contribution in [2.45, 2.75) is 52.5 Å². The van der Waals surface area contributed by atoms with Gasteiger partial charge in [-0.1, -0.05) is 26.2 Å². The molecule has 1 atom stereocenters. The predicted molar refractivity (Wildman–Crippen MR) is 67.9 cm³/mol. The van der Waals surface area contributed by atoms with E-state index < -0.39 is 0 Å². The number of nitrogens with one attached hydrogen (secondary N) is 1. The number of nitrogens with zero attached hydrogens (tertiary/aromatic N) is 1. The standard InChI is InChI=1S/C12H20N2OS/c1-4-5-6-7-9(2)13-12(15)11-8-16-10(3)14-11/h8-9H,4-7H2,1-3H3,(H,13,15). The van der Waals surface area contributed by atoms with E-state index in [1.54, 1.807) is 0 Å². The van der Waals surface area contributed by atoms with Crippen molar-refractivity contribution in [2.75, 3.05) is 0 Å². The van der Waals surface area contributed by atoms with Gasteiger partial charge >= 0.3 is 0 Å². The molecule has 0 aliphatic rings. The first-order valence-corrected chi connectivity index (χ1v) is 6.74. The molecular weight excluding hydrogens is 220 g/mol. The van der Waals surface area contributed by atoms with E-state index in [1.807, 2.05) is 19.2 Å². The summed E-state index contributed by atoms with van der Waals surface area (Å²) in [5.41, 5.74) is 0.546. The topological polar surface area (TPSA) is 42.0 Å². The second-order valence-electron chi connectivity index (χ2n) is 4.12. The van der Waals surface area contributed by atoms with Crippen molar-refractivity contribution < 1.29 is 4.79 Å². The number of amides is 1. The van der Waals surface area contributed by atoms with Gasteiger partial charge in [-0.15, -0.1) is 11.3 Å². The Labute approximate surface area is 101 Å². The summed E-state index contributed by atoms with van der Waals surface area (Å²) in [5, 5.41) is 5.72. The molecule has 90 valence electrons. The Hall–Kier alpha value is -0.900. The predicted octanol–water partition coefficient (Wildman–Crippen LogP) is 3.15. The summed E-state index contributed by atoms with van der Waals surface area (Å²) in [6.45, 7) is 6.14. The summed E-state index contributed by atoms with van der Waals surface area (Å²) in [4.78, 5) is 15.9. The molecule has 4 heteroatoms. The summed E-state index contributed by atoms with van der Waals surface area (Å²) in [6.07, 6.45) is 4.67. The first kappa shape index (κ1) is 13.2. The Bertz CT molecular complexity index is 336. The third-order valence-electron chi connectivity index (χ3n) is 2.47. The van der Waals surface area contributed by atoms with Gasteiger partial charge in [0.15, 0.2) is 0 Å². The highest BCUT2D eigenvalue weighted by Crippen LogP contribution is 2.09. The number of aryl methyl sites for hydroxylation is 1. The van der Waals surface area contributed by atoms with Crippen LogP contribution in [0.3, 0.4) is 0 Å². The molecule has 0 fully saturated rings. The van der Waals surface area contributed by atoms with Gasteiger partial charge < -0.3 is 5.32 Å². The van der Waals surface area contributed by atoms with Gasteiger partial charge in [0.2, 0.25) is 0 Å². The van der Waals surface area contributed by atoms with Gasteiger partial charge in [-0.3, -0.25) is 4.79 Å². The first-order valence-electron chi connectivity index (χ1n) is 5.86. The quantitative estimate of drug-likeness (QED) is 0.776. The van der Waals surface area contributed by atoms with Crippen LogP contribution in [-0.4, -0.2) is 16.9 Å². The van der Waals surface area contributed by atoms with E-state index in [2.05, 4.69) is 17.2 Å². The number of aromatic nitrogens is 1. The molecule has 0 radical (unpaired) electrons. The van der Waals surface area contributed by atoms with Gasteiger partial charge in [0.25, 0.3) is 5.91 Å². The third-order valence-corrected chi connectivity index (χ3v) is 3.24. The zero-order chi connectivity index (χ0) is 12.0. The summed E-state index contributed by atoms with van der Waals surface area (Å²) in [7, 11) is 0. The molecule has 1 aromatic rings. The molecule has 0 aliphatic heterocycles. The van der Waals surface area contributed by atoms with Crippen LogP contribution in [0.1, 0.15) is 55.0 Å². The second-order valence-corrected chi connectivity index (χ2v) is 5.18. The van der Waals surface area contributed by atoms with Crippen LogP contribution in [0.4, 0.5) is 0 Å². The zero-order valence-electron chi connectivity index (χ0n) is 10.2. The van der Waals surface area contributed by atoms with E-state index in [0.717, 1.165) is 11.4 Å². The smallest absolute Gasteiger partial charge is 0.270 e. The monoisotopic (exact) mass is 240 g/mol. The lowest BCUT2D eigenvalue weighted by Crippen LogP contribution is -2.32. The highest BCUT2D eigenvalue weighted by molar-refractivity contribution is 7.09. The Morgan fingerprint density at radius 2 is 2.31 bits per heavy atom. The molecule has 0 aliphatic carbocycles. The first-order chi connectivity index (χ1) is 7.63. The van der Waals surface area contributed by atoms with Gasteiger partial charge in [-0.2, -0.15) is 0 Å². The van der Waals surface area contributed by atoms with E-state index in [-0.39, 0.29) is 11.9 Å². The Balaban J connectivity index is 2.33. The summed E-state index contributed by atoms with van der Waals surface area (Å²) in [5.74, 6) is -0.0478. The van der Waals surface area contributed by atoms with E-state index in [4.69, 9.17) is 0 Å². The van der Waals surface area contributed by atoms with Crippen molar-refractivity contribution >= 4 is 17.2 Å². The lowest BCUT2D eigenvalue weighted by atomic mass is 10.1. The largest absolute Gasteiger partial charge is 0.348 e. The Morgan fingerprint density at radius 1 is 1.56 bits per heavy atom. The van der Waals surface area contributed by atoms with Gasteiger partial charge in [-0.05, 0) is 20.3 Å². The number of carbonyl (C=O) groups is 1. The minimum absolute atomic E-state index is 0.0478. The fourth-order valence-corrected chi connectivity index (χ4v) is 2.13. The van der Waals surface area contributed by atoms with Crippen LogP contribution < -0.4 is 5.32 Å². The van der Waals surface area contributed by atoms with Crippen molar-refractivity contribution in [1.29, 1.82) is 0 Å². The molecule has 0 bridgehead atoms. The van der Waals surface area contributed by atoms with Crippen LogP contribution in [0, 0.1) is 6.92 Å². The minimum Gasteiger partial charge on any atom is -0.348 e. The van der Waals surface area contributed by atoms with Crippen molar-refractivity contribution in [3.63, 3.8) is 0 Å². The number of carbonyl (C=O) groups excluding carboxylic acids is 1. The van der Waals surface area contributed by atoms with Gasteiger partial charge in [0.05, 0.1) is 5.01 Å². The molecule has 1 amide bonds. The van der Waals surface area contributed by atoms with Crippen LogP contribution in [0.15, 0.2) is 5.38 Å². The van der Waals surface area contributed by atoms with E-state index in [0.29, 0.717) is 5.69 Å². The van der Waals surface area contributed by atoms with Gasteiger partial charge in [0, 0.05) is 11.4 Å². The lowest BCUT2D eigenvalue weighted by Gasteiger charge is -2.12. The van der Waals surface area contributed by atoms with Crippen molar-refractivity contribution in [3.8, 4) is 0 Å². The number of rotatable bonds is 6. The molecule has 0 spiro atoms. The van der Waals surface area contributed by atoms with E-state index >= 15 is 0 Å². The van der Waals surface area contributed by atoms with E-state index in [9.17, 15) is 4.79 Å². The van der Waals surface area contributed by atoms with Gasteiger partial charge in [-0.25, -0.2) is 4.98 Å². The molecule has 1 rings (SSSR count). The molecule has 3 nitrogen and oxygen atoms in total. The molecule has 16 heavy (non-hydrogen) atoms. The molecule has 0 saturated carbocycles. The highest BCUT2D eigenvalue weighted by atomic mass is 32.1. The van der Waals surface area contributed by atoms with Crippen molar-refractivity contribution in [2.24, 2.45) is 0 Å². The highest BCUT2D eigenvalue weighted by Gasteiger charge is 2.11. The normalized spacial score (nSPS) is 12.4. The van der Waals surface area contributed by atoms with Crippen molar-refractivity contribution in [3.05, 3.63) is 16.1 Å². The van der Waals surface area contributed by atoms with Crippen molar-refractivity contribution in [1.82, 2.24) is 10.3 Å². The molecule has 1 unspecified atom stereocenters. The maximum absolute atomic E-state index is 11.7. The third kappa shape index (κ3) is 4.31. The minimum atomic E-state index is -0.0478. The van der Waals surface area contributed by atoms with E-state index in [1.165, 1.54) is 30.6 Å². The average Bonchev–Trinajstić information content (AvgIpc) is 2.65. The molecule has 1 heterocycles. The van der Waals surface area contributed by atoms with Crippen LogP contribution in [0.2, 0.25) is 0 Å². The number of hydrogen-bond acceptors (Lipinski definition) is 3. The Morgan fingerprint density at radius 3 is 2.88 bits per heavy atom. The molecule has 0 saturated heterocycles. The fraction of sp³-hybridized carbons (Fsp3) is 0.667.